The summed E-state index contributed by atoms with van der Waals surface area (Å²) in [6.07, 6.45) is 8.36. The Morgan fingerprint density at radius 2 is 1.43 bits per heavy atom. The minimum Gasteiger partial charge on any atom is -0.768 e. The standard InChI is InChI=1S/C22H29N2O.C7H8O2S.2C3H8O.Ti/c1-4-7-8-10-15-19-16-20(18-13-11-9-12-14-18)17-23-21(19)22(25)24(5-2)6-3;1-6-2-4-7(5-3-6)10(8)9;2*1-3(2)4;/h9,11-14,16H,4-8,10,15H2,1-3H3;2-5H,1H3,(H,8,9);2*3-4H,1-2H3;/q-1;;;;+2/p-1. The van der Waals surface area contributed by atoms with Crippen molar-refractivity contribution < 1.29 is 45.5 Å². The van der Waals surface area contributed by atoms with Crippen molar-refractivity contribution in [3.05, 3.63) is 83.7 Å². The number of benzene rings is 2. The molecule has 0 radical (unpaired) electrons. The molecule has 2 aromatic carbocycles. The fourth-order valence-corrected chi connectivity index (χ4v) is 4.01. The van der Waals surface area contributed by atoms with Crippen molar-refractivity contribution in [2.75, 3.05) is 13.1 Å². The molecule has 1 unspecified atom stereocenters. The van der Waals surface area contributed by atoms with Crippen LogP contribution in [0.1, 0.15) is 95.8 Å². The van der Waals surface area contributed by atoms with Gasteiger partial charge >= 0.3 is 21.7 Å². The van der Waals surface area contributed by atoms with Gasteiger partial charge in [0.15, 0.2) is 0 Å². The quantitative estimate of drug-likeness (QED) is 0.103. The molecule has 0 aliphatic rings. The van der Waals surface area contributed by atoms with Gasteiger partial charge in [-0.1, -0.05) is 91.8 Å². The monoisotopic (exact) mass is 660 g/mol. The van der Waals surface area contributed by atoms with E-state index in [1.165, 1.54) is 19.3 Å². The molecule has 0 bridgehead atoms. The summed E-state index contributed by atoms with van der Waals surface area (Å²) in [6.45, 7) is 16.4. The number of carbonyl (C=O) groups excluding carboxylic acids is 1. The number of rotatable bonds is 10. The number of nitrogens with zero attached hydrogens (tertiary/aromatic N) is 2. The van der Waals surface area contributed by atoms with E-state index in [0.29, 0.717) is 23.7 Å². The van der Waals surface area contributed by atoms with Crippen molar-refractivity contribution in [3.8, 4) is 11.1 Å². The summed E-state index contributed by atoms with van der Waals surface area (Å²) >= 11 is -2.09. The third-order valence-electron chi connectivity index (χ3n) is 5.76. The molecule has 1 heterocycles. The first kappa shape index (κ1) is 43.9. The number of pyridine rings is 1. The maximum atomic E-state index is 12.8. The molecule has 3 aromatic rings. The number of aliphatic hydroxyl groups excluding tert-OH is 2. The van der Waals surface area contributed by atoms with Crippen molar-refractivity contribution in [2.45, 2.75) is 105 Å². The first-order valence-electron chi connectivity index (χ1n) is 15.2. The largest absolute Gasteiger partial charge is 2.00 e. The van der Waals surface area contributed by atoms with Gasteiger partial charge in [-0.2, -0.15) is 0 Å². The van der Waals surface area contributed by atoms with Crippen molar-refractivity contribution in [2.24, 2.45) is 0 Å². The molecule has 1 atom stereocenters. The van der Waals surface area contributed by atoms with Gasteiger partial charge in [0.05, 0.1) is 0 Å². The van der Waals surface area contributed by atoms with Gasteiger partial charge in [-0.25, -0.2) is 0 Å². The molecule has 0 saturated heterocycles. The Balaban J connectivity index is 0. The Morgan fingerprint density at radius 3 is 1.89 bits per heavy atom. The van der Waals surface area contributed by atoms with Crippen molar-refractivity contribution in [1.29, 1.82) is 0 Å². The van der Waals surface area contributed by atoms with E-state index in [0.717, 1.165) is 35.1 Å². The molecule has 44 heavy (non-hydrogen) atoms. The fraction of sp³-hybridized carbons (Fsp3) is 0.486. The summed E-state index contributed by atoms with van der Waals surface area (Å²) in [7, 11) is 0. The van der Waals surface area contributed by atoms with E-state index >= 15 is 0 Å². The Kier molecular flexibility index (Phi) is 26.0. The average Bonchev–Trinajstić information content (AvgIpc) is 2.96. The first-order chi connectivity index (χ1) is 20.4. The Bertz CT molecular complexity index is 1160. The number of aromatic nitrogens is 1. The van der Waals surface area contributed by atoms with Crippen molar-refractivity contribution in [1.82, 2.24) is 9.88 Å². The van der Waals surface area contributed by atoms with Crippen LogP contribution in [0.15, 0.2) is 65.6 Å². The number of hydrogen-bond acceptors (Lipinski definition) is 6. The summed E-state index contributed by atoms with van der Waals surface area (Å²) in [6, 6.07) is 18.9. The fourth-order valence-electron chi connectivity index (χ4n) is 3.66. The minimum absolute atomic E-state index is 0. The van der Waals surface area contributed by atoms with Crippen molar-refractivity contribution >= 4 is 17.0 Å². The SMILES string of the molecule is CC(C)O.CC(C)O.CCCCCCc1cc(-c2ccccc2)[c-]nc1C(=O)N(CC)CC.Cc1ccc(S(=O)[O-])cc1.[Ti+2]. The summed E-state index contributed by atoms with van der Waals surface area (Å²) in [5.41, 5.74) is 4.73. The van der Waals surface area contributed by atoms with E-state index in [9.17, 15) is 13.6 Å². The van der Waals surface area contributed by atoms with Gasteiger partial charge in [0.1, 0.15) is 0 Å². The molecule has 1 aromatic heterocycles. The van der Waals surface area contributed by atoms with E-state index < -0.39 is 11.1 Å². The van der Waals surface area contributed by atoms with Crippen LogP contribution in [0.4, 0.5) is 0 Å². The third kappa shape index (κ3) is 20.0. The molecule has 0 spiro atoms. The number of aliphatic hydroxyl groups is 2. The molecule has 0 aliphatic carbocycles. The molecule has 0 saturated carbocycles. The van der Waals surface area contributed by atoms with Gasteiger partial charge in [-0.15, -0.1) is 11.6 Å². The molecule has 0 aliphatic heterocycles. The predicted octanol–water partition coefficient (Wildman–Crippen LogP) is 7.16. The molecule has 7 nitrogen and oxygen atoms in total. The number of aryl methyl sites for hydroxylation is 2. The van der Waals surface area contributed by atoms with Gasteiger partial charge in [0.25, 0.3) is 0 Å². The predicted molar refractivity (Wildman–Crippen MR) is 177 cm³/mol. The van der Waals surface area contributed by atoms with E-state index in [1.54, 1.807) is 52.0 Å². The molecule has 3 rings (SSSR count). The molecule has 242 valence electrons. The third-order valence-corrected chi connectivity index (χ3v) is 6.42. The van der Waals surface area contributed by atoms with Crippen LogP contribution in [0.5, 0.6) is 0 Å². The number of hydrogen-bond donors (Lipinski definition) is 2. The zero-order valence-electron chi connectivity index (χ0n) is 27.8. The average molecular weight is 661 g/mol. The number of amides is 1. The van der Waals surface area contributed by atoms with Crippen molar-refractivity contribution in [3.63, 3.8) is 0 Å². The van der Waals surface area contributed by atoms with Gasteiger partial charge < -0.3 is 24.6 Å². The Morgan fingerprint density at radius 1 is 0.909 bits per heavy atom. The van der Waals surface area contributed by atoms with E-state index in [4.69, 9.17) is 10.2 Å². The van der Waals surface area contributed by atoms with Crippen LogP contribution in [0.2, 0.25) is 0 Å². The second-order valence-corrected chi connectivity index (χ2v) is 11.5. The molecule has 2 N–H and O–H groups in total. The van der Waals surface area contributed by atoms with Gasteiger partial charge in [-0.3, -0.25) is 9.00 Å². The van der Waals surface area contributed by atoms with Crippen LogP contribution in [-0.4, -0.2) is 60.1 Å². The molecular formula is C35H52N2O5STi. The molecular weight excluding hydrogens is 608 g/mol. The van der Waals surface area contributed by atoms with Crippen LogP contribution in [0, 0.1) is 13.1 Å². The zero-order valence-corrected chi connectivity index (χ0v) is 30.2. The first-order valence-corrected chi connectivity index (χ1v) is 16.2. The maximum Gasteiger partial charge on any atom is 2.00 e. The molecule has 9 heteroatoms. The van der Waals surface area contributed by atoms with Gasteiger partial charge in [0, 0.05) is 35.9 Å². The normalized spacial score (nSPS) is 10.7. The topological polar surface area (TPSA) is 114 Å². The van der Waals surface area contributed by atoms with E-state index in [2.05, 4.69) is 36.3 Å². The summed E-state index contributed by atoms with van der Waals surface area (Å²) in [5, 5.41) is 16.1. The maximum absolute atomic E-state index is 12.8. The summed E-state index contributed by atoms with van der Waals surface area (Å²) in [4.78, 5) is 19.4. The number of carbonyl (C=O) groups is 1. The Hall–Kier alpha value is -2.20. The molecule has 0 fully saturated rings. The smallest absolute Gasteiger partial charge is 0.768 e. The minimum atomic E-state index is -2.09. The second-order valence-electron chi connectivity index (χ2n) is 10.5. The van der Waals surface area contributed by atoms with Crippen LogP contribution in [0.25, 0.3) is 11.1 Å². The van der Waals surface area contributed by atoms with Crippen LogP contribution < -0.4 is 0 Å². The Labute approximate surface area is 283 Å². The summed E-state index contributed by atoms with van der Waals surface area (Å²) < 4.78 is 20.6. The second kappa shape index (κ2) is 26.1. The van der Waals surface area contributed by atoms with Crippen LogP contribution >= 0.6 is 0 Å². The zero-order chi connectivity index (χ0) is 32.8. The van der Waals surface area contributed by atoms with Crippen LogP contribution in [-0.2, 0) is 39.2 Å². The molecule has 1 amide bonds. The van der Waals surface area contributed by atoms with Gasteiger partial charge in [-0.05, 0) is 84.3 Å². The van der Waals surface area contributed by atoms with E-state index in [1.807, 2.05) is 43.9 Å². The summed E-state index contributed by atoms with van der Waals surface area (Å²) in [5.74, 6) is 0.0198. The van der Waals surface area contributed by atoms with Crippen LogP contribution in [0.3, 0.4) is 0 Å². The van der Waals surface area contributed by atoms with Gasteiger partial charge in [0.2, 0.25) is 5.91 Å². The number of unbranched alkanes of at least 4 members (excludes halogenated alkanes) is 3. The van der Waals surface area contributed by atoms with E-state index in [-0.39, 0.29) is 39.8 Å².